The molecule has 66 heavy (non-hydrogen) atoms. The van der Waals surface area contributed by atoms with E-state index in [0.29, 0.717) is 19.3 Å². The van der Waals surface area contributed by atoms with E-state index in [9.17, 15) is 14.4 Å². The Bertz CT molecular complexity index is 1460. The monoisotopic (exact) mass is 911 g/mol. The van der Waals surface area contributed by atoms with Crippen molar-refractivity contribution in [2.45, 2.75) is 213 Å². The van der Waals surface area contributed by atoms with Crippen LogP contribution in [0.5, 0.6) is 0 Å². The third-order valence-corrected chi connectivity index (χ3v) is 10.6. The Morgan fingerprint density at radius 3 is 1.15 bits per heavy atom. The van der Waals surface area contributed by atoms with E-state index in [1.165, 1.54) is 70.6 Å². The number of hydrogen-bond donors (Lipinski definition) is 0. The molecule has 0 saturated carbocycles. The summed E-state index contributed by atoms with van der Waals surface area (Å²) in [4.78, 5) is 38.0. The SMILES string of the molecule is CC/C=C/C=C/C=C/C=C/C=C/C=C/CCCCCC(=O)OC(COC(=O)CC/C=C/C/C=C/CCCCCCCC)COC(=O)CCCCCCC/C=C/C=C/C=C/CCCCCCC. The highest BCUT2D eigenvalue weighted by molar-refractivity contribution is 5.71. The van der Waals surface area contributed by atoms with Crippen molar-refractivity contribution in [3.8, 4) is 0 Å². The molecule has 1 unspecified atom stereocenters. The van der Waals surface area contributed by atoms with Gasteiger partial charge in [-0.3, -0.25) is 14.4 Å². The van der Waals surface area contributed by atoms with Gasteiger partial charge in [-0.1, -0.05) is 238 Å². The average Bonchev–Trinajstić information content (AvgIpc) is 3.31. The molecule has 1 atom stereocenters. The van der Waals surface area contributed by atoms with Gasteiger partial charge in [-0.2, -0.15) is 0 Å². The number of carbonyl (C=O) groups excluding carboxylic acids is 3. The quantitative estimate of drug-likeness (QED) is 0.0199. The number of hydrogen-bond acceptors (Lipinski definition) is 6. The summed E-state index contributed by atoms with van der Waals surface area (Å²) < 4.78 is 16.7. The normalized spacial score (nSPS) is 13.2. The maximum atomic E-state index is 12.8. The zero-order chi connectivity index (χ0) is 47.9. The van der Waals surface area contributed by atoms with Gasteiger partial charge in [0.05, 0.1) is 0 Å². The fraction of sp³-hybridized carbons (Fsp3) is 0.583. The number of allylic oxidation sites excluding steroid dienone is 22. The molecule has 0 rings (SSSR count). The Morgan fingerprint density at radius 2 is 0.682 bits per heavy atom. The second kappa shape index (κ2) is 53.2. The molecule has 0 bridgehead atoms. The maximum absolute atomic E-state index is 12.8. The van der Waals surface area contributed by atoms with Crippen molar-refractivity contribution < 1.29 is 28.6 Å². The second-order valence-corrected chi connectivity index (χ2v) is 16.9. The van der Waals surface area contributed by atoms with Crippen LogP contribution < -0.4 is 0 Å². The van der Waals surface area contributed by atoms with Crippen LogP contribution in [-0.2, 0) is 28.6 Å². The predicted molar refractivity (Wildman–Crippen MR) is 283 cm³/mol. The van der Waals surface area contributed by atoms with Crippen molar-refractivity contribution >= 4 is 17.9 Å². The summed E-state index contributed by atoms with van der Waals surface area (Å²) in [5.74, 6) is -1.07. The molecule has 0 aromatic heterocycles. The van der Waals surface area contributed by atoms with Crippen LogP contribution in [0.1, 0.15) is 207 Å². The van der Waals surface area contributed by atoms with Gasteiger partial charge in [-0.05, 0) is 83.5 Å². The minimum Gasteiger partial charge on any atom is -0.462 e. The molecule has 0 aromatic rings. The van der Waals surface area contributed by atoms with Crippen molar-refractivity contribution in [2.75, 3.05) is 13.2 Å². The van der Waals surface area contributed by atoms with Gasteiger partial charge in [0.15, 0.2) is 6.10 Å². The highest BCUT2D eigenvalue weighted by Crippen LogP contribution is 2.12. The van der Waals surface area contributed by atoms with E-state index < -0.39 is 6.10 Å². The summed E-state index contributed by atoms with van der Waals surface area (Å²) in [6, 6.07) is 0. The molecule has 6 heteroatoms. The first-order chi connectivity index (χ1) is 32.5. The minimum atomic E-state index is -0.837. The molecule has 0 amide bonds. The Hall–Kier alpha value is -4.45. The van der Waals surface area contributed by atoms with Crippen LogP contribution in [0.4, 0.5) is 0 Å². The molecule has 0 aliphatic rings. The van der Waals surface area contributed by atoms with Crippen molar-refractivity contribution in [1.29, 1.82) is 0 Å². The average molecular weight is 911 g/mol. The summed E-state index contributed by atoms with van der Waals surface area (Å²) >= 11 is 0. The Kier molecular flexibility index (Phi) is 49.6. The van der Waals surface area contributed by atoms with Crippen LogP contribution in [0.3, 0.4) is 0 Å². The Labute approximate surface area is 405 Å². The Morgan fingerprint density at radius 1 is 0.333 bits per heavy atom. The zero-order valence-electron chi connectivity index (χ0n) is 42.1. The molecular formula is C60H94O6. The van der Waals surface area contributed by atoms with Crippen molar-refractivity contribution in [1.82, 2.24) is 0 Å². The lowest BCUT2D eigenvalue weighted by Gasteiger charge is -2.18. The van der Waals surface area contributed by atoms with Gasteiger partial charge in [-0.25, -0.2) is 0 Å². The number of unbranched alkanes of at least 4 members (excludes halogenated alkanes) is 19. The molecule has 370 valence electrons. The second-order valence-electron chi connectivity index (χ2n) is 16.9. The number of carbonyl (C=O) groups is 3. The molecule has 0 fully saturated rings. The largest absolute Gasteiger partial charge is 0.462 e. The topological polar surface area (TPSA) is 78.9 Å². The van der Waals surface area contributed by atoms with Gasteiger partial charge in [0.25, 0.3) is 0 Å². The molecule has 0 radical (unpaired) electrons. The highest BCUT2D eigenvalue weighted by atomic mass is 16.6. The third kappa shape index (κ3) is 50.5. The molecule has 0 aliphatic carbocycles. The van der Waals surface area contributed by atoms with Crippen molar-refractivity contribution in [2.24, 2.45) is 0 Å². The molecule has 0 saturated heterocycles. The van der Waals surface area contributed by atoms with E-state index in [1.54, 1.807) is 0 Å². The van der Waals surface area contributed by atoms with E-state index in [-0.39, 0.29) is 44.0 Å². The summed E-state index contributed by atoms with van der Waals surface area (Å²) in [6.07, 6.45) is 74.4. The van der Waals surface area contributed by atoms with E-state index in [0.717, 1.165) is 83.5 Å². The van der Waals surface area contributed by atoms with Crippen LogP contribution in [0.25, 0.3) is 0 Å². The summed E-state index contributed by atoms with van der Waals surface area (Å²) in [5, 5.41) is 0. The van der Waals surface area contributed by atoms with Crippen molar-refractivity contribution in [3.05, 3.63) is 134 Å². The van der Waals surface area contributed by atoms with E-state index in [4.69, 9.17) is 14.2 Å². The summed E-state index contributed by atoms with van der Waals surface area (Å²) in [5.41, 5.74) is 0. The number of rotatable bonds is 45. The fourth-order valence-electron chi connectivity index (χ4n) is 6.64. The standard InChI is InChI=1S/C60H94O6/c1-4-7-10-13-16-19-22-25-27-29-31-32-35-38-41-44-47-50-53-59(62)65-56-57(55-64-58(61)52-49-46-43-40-37-34-24-21-18-15-12-9-6-3)66-60(63)54-51-48-45-42-39-36-33-30-28-26-23-20-17-14-11-8-5-2/h8,11,14,17,20,22-23,25-34,36-37,39,43,46,57H,4-7,9-10,12-13,15-16,18-19,21,24,35,38,40-42,44-45,47-56H2,1-3H3/b11-8+,17-14+,23-20+,25-22+,28-26+,29-27+,32-31+,33-30+,37-34+,39-36+,46-43+. The van der Waals surface area contributed by atoms with Gasteiger partial charge in [0.2, 0.25) is 0 Å². The Balaban J connectivity index is 4.60. The predicted octanol–water partition coefficient (Wildman–Crippen LogP) is 17.5. The van der Waals surface area contributed by atoms with Crippen LogP contribution in [0, 0.1) is 0 Å². The van der Waals surface area contributed by atoms with Crippen LogP contribution in [0.15, 0.2) is 134 Å². The van der Waals surface area contributed by atoms with Gasteiger partial charge in [-0.15, -0.1) is 0 Å². The first-order valence-electron chi connectivity index (χ1n) is 26.3. The van der Waals surface area contributed by atoms with Crippen LogP contribution in [0.2, 0.25) is 0 Å². The first kappa shape index (κ1) is 61.5. The van der Waals surface area contributed by atoms with Gasteiger partial charge in [0, 0.05) is 19.3 Å². The lowest BCUT2D eigenvalue weighted by molar-refractivity contribution is -0.166. The molecule has 0 spiro atoms. The molecule has 6 nitrogen and oxygen atoms in total. The van der Waals surface area contributed by atoms with Crippen molar-refractivity contribution in [3.63, 3.8) is 0 Å². The summed E-state index contributed by atoms with van der Waals surface area (Å²) in [7, 11) is 0. The molecule has 0 heterocycles. The highest BCUT2D eigenvalue weighted by Gasteiger charge is 2.19. The van der Waals surface area contributed by atoms with Gasteiger partial charge in [0.1, 0.15) is 13.2 Å². The van der Waals surface area contributed by atoms with Gasteiger partial charge < -0.3 is 14.2 Å². The first-order valence-corrected chi connectivity index (χ1v) is 26.3. The molecule has 0 N–H and O–H groups in total. The number of esters is 3. The lowest BCUT2D eigenvalue weighted by Crippen LogP contribution is -2.30. The zero-order valence-corrected chi connectivity index (χ0v) is 42.1. The molecular weight excluding hydrogens is 817 g/mol. The fourth-order valence-corrected chi connectivity index (χ4v) is 6.64. The number of ether oxygens (including phenoxy) is 3. The lowest BCUT2D eigenvalue weighted by atomic mass is 10.1. The van der Waals surface area contributed by atoms with Gasteiger partial charge >= 0.3 is 17.9 Å². The molecule has 0 aromatic carbocycles. The van der Waals surface area contributed by atoms with Crippen LogP contribution in [-0.4, -0.2) is 37.2 Å². The van der Waals surface area contributed by atoms with E-state index >= 15 is 0 Å². The van der Waals surface area contributed by atoms with Crippen LogP contribution >= 0.6 is 0 Å². The maximum Gasteiger partial charge on any atom is 0.306 e. The van der Waals surface area contributed by atoms with E-state index in [1.807, 2.05) is 66.8 Å². The smallest absolute Gasteiger partial charge is 0.306 e. The minimum absolute atomic E-state index is 0.129. The molecule has 0 aliphatic heterocycles. The third-order valence-electron chi connectivity index (χ3n) is 10.6. The summed E-state index contributed by atoms with van der Waals surface area (Å²) in [6.45, 7) is 6.34. The van der Waals surface area contributed by atoms with E-state index in [2.05, 4.69) is 87.6 Å².